The summed E-state index contributed by atoms with van der Waals surface area (Å²) in [5, 5.41) is 20.4. The number of phenolic OH excluding ortho intramolecular Hbond substituents is 1. The second-order valence-electron chi connectivity index (χ2n) is 8.62. The number of hydrogen-bond acceptors (Lipinski definition) is 6. The van der Waals surface area contributed by atoms with Gasteiger partial charge in [0.25, 0.3) is 5.91 Å². The Hall–Kier alpha value is -2.48. The molecule has 3 aliphatic rings. The van der Waals surface area contributed by atoms with E-state index in [9.17, 15) is 15.0 Å². The number of aromatic nitrogens is 1. The SMILES string of the molecule is O=C(c1cccnc1)N1C[C@@H]2C[C@@H](O)CN2C2(CN(Cc3ccccc3O)C2)C1. The van der Waals surface area contributed by atoms with Crippen molar-refractivity contribution in [3.63, 3.8) is 0 Å². The van der Waals surface area contributed by atoms with E-state index >= 15 is 0 Å². The molecular formula is C22H26N4O3. The number of piperazine rings is 1. The van der Waals surface area contributed by atoms with Crippen molar-refractivity contribution in [2.45, 2.75) is 30.7 Å². The van der Waals surface area contributed by atoms with Gasteiger partial charge < -0.3 is 15.1 Å². The van der Waals surface area contributed by atoms with Crippen LogP contribution in [-0.4, -0.2) is 86.2 Å². The first kappa shape index (κ1) is 18.5. The fourth-order valence-electron chi connectivity index (χ4n) is 5.30. The van der Waals surface area contributed by atoms with Gasteiger partial charge in [0, 0.05) is 63.3 Å². The normalized spacial score (nSPS) is 26.3. The summed E-state index contributed by atoms with van der Waals surface area (Å²) in [6.45, 7) is 4.30. The number of hydrogen-bond donors (Lipinski definition) is 2. The van der Waals surface area contributed by atoms with Crippen LogP contribution in [-0.2, 0) is 6.54 Å². The molecule has 29 heavy (non-hydrogen) atoms. The number of aliphatic hydroxyl groups excluding tert-OH is 1. The Kier molecular flexibility index (Phi) is 4.53. The minimum absolute atomic E-state index is 0.0117. The van der Waals surface area contributed by atoms with Gasteiger partial charge in [0.1, 0.15) is 5.75 Å². The van der Waals surface area contributed by atoms with Gasteiger partial charge in [-0.25, -0.2) is 0 Å². The molecule has 1 aromatic carbocycles. The Morgan fingerprint density at radius 3 is 2.72 bits per heavy atom. The van der Waals surface area contributed by atoms with Crippen LogP contribution in [0.5, 0.6) is 5.75 Å². The lowest BCUT2D eigenvalue weighted by molar-refractivity contribution is -0.108. The number of amides is 1. The number of phenols is 1. The van der Waals surface area contributed by atoms with Crippen molar-refractivity contribution in [2.24, 2.45) is 0 Å². The predicted molar refractivity (Wildman–Crippen MR) is 107 cm³/mol. The number of pyridine rings is 1. The number of β-amino-alcohol motifs (C(OH)–C–C–N with tert-alkyl or cyclic N) is 1. The molecule has 1 spiro atoms. The van der Waals surface area contributed by atoms with E-state index in [2.05, 4.69) is 14.8 Å². The summed E-state index contributed by atoms with van der Waals surface area (Å²) in [6.07, 6.45) is 3.66. The van der Waals surface area contributed by atoms with E-state index in [0.717, 1.165) is 18.7 Å². The first-order valence-electron chi connectivity index (χ1n) is 10.2. The number of fused-ring (bicyclic) bond motifs is 2. The van der Waals surface area contributed by atoms with Gasteiger partial charge in [0.15, 0.2) is 0 Å². The molecule has 7 nitrogen and oxygen atoms in total. The molecule has 2 atom stereocenters. The Morgan fingerprint density at radius 2 is 1.97 bits per heavy atom. The van der Waals surface area contributed by atoms with E-state index in [1.807, 2.05) is 29.2 Å². The van der Waals surface area contributed by atoms with E-state index in [1.165, 1.54) is 0 Å². The van der Waals surface area contributed by atoms with E-state index < -0.39 is 0 Å². The van der Waals surface area contributed by atoms with Crippen molar-refractivity contribution in [1.82, 2.24) is 19.7 Å². The third-order valence-corrected chi connectivity index (χ3v) is 6.54. The van der Waals surface area contributed by atoms with Crippen LogP contribution in [0.1, 0.15) is 22.3 Å². The first-order valence-corrected chi connectivity index (χ1v) is 10.2. The zero-order chi connectivity index (χ0) is 20.0. The molecular weight excluding hydrogens is 368 g/mol. The van der Waals surface area contributed by atoms with E-state index in [0.29, 0.717) is 43.9 Å². The van der Waals surface area contributed by atoms with Crippen LogP contribution in [0.3, 0.4) is 0 Å². The number of aromatic hydroxyl groups is 1. The minimum atomic E-state index is -0.336. The van der Waals surface area contributed by atoms with Crippen LogP contribution in [0.2, 0.25) is 0 Å². The molecule has 0 unspecified atom stereocenters. The van der Waals surface area contributed by atoms with Crippen molar-refractivity contribution in [2.75, 3.05) is 32.7 Å². The van der Waals surface area contributed by atoms with Crippen molar-refractivity contribution in [3.05, 3.63) is 59.9 Å². The zero-order valence-corrected chi connectivity index (χ0v) is 16.3. The summed E-state index contributed by atoms with van der Waals surface area (Å²) < 4.78 is 0. The molecule has 0 radical (unpaired) electrons. The number of carbonyl (C=O) groups is 1. The highest BCUT2D eigenvalue weighted by molar-refractivity contribution is 5.94. The Morgan fingerprint density at radius 1 is 1.14 bits per heavy atom. The lowest BCUT2D eigenvalue weighted by Gasteiger charge is -2.61. The fourth-order valence-corrected chi connectivity index (χ4v) is 5.30. The van der Waals surface area contributed by atoms with Gasteiger partial charge in [-0.2, -0.15) is 0 Å². The van der Waals surface area contributed by atoms with Crippen LogP contribution in [0.15, 0.2) is 48.8 Å². The number of likely N-dealkylation sites (tertiary alicyclic amines) is 1. The quantitative estimate of drug-likeness (QED) is 0.806. The predicted octanol–water partition coefficient (Wildman–Crippen LogP) is 0.933. The lowest BCUT2D eigenvalue weighted by Crippen LogP contribution is -2.78. The Balaban J connectivity index is 1.34. The highest BCUT2D eigenvalue weighted by atomic mass is 16.3. The number of para-hydroxylation sites is 1. The van der Waals surface area contributed by atoms with Gasteiger partial charge in [0.05, 0.1) is 17.2 Å². The van der Waals surface area contributed by atoms with Crippen molar-refractivity contribution in [1.29, 1.82) is 0 Å². The average molecular weight is 394 g/mol. The fraction of sp³-hybridized carbons (Fsp3) is 0.455. The average Bonchev–Trinajstić information content (AvgIpc) is 3.09. The molecule has 0 bridgehead atoms. The molecule has 7 heteroatoms. The summed E-state index contributed by atoms with van der Waals surface area (Å²) >= 11 is 0. The molecule has 0 saturated carbocycles. The van der Waals surface area contributed by atoms with E-state index in [4.69, 9.17) is 0 Å². The first-order chi connectivity index (χ1) is 14.0. The molecule has 2 N–H and O–H groups in total. The van der Waals surface area contributed by atoms with Crippen molar-refractivity contribution >= 4 is 5.91 Å². The molecule has 3 aliphatic heterocycles. The number of nitrogens with zero attached hydrogens (tertiary/aromatic N) is 4. The highest BCUT2D eigenvalue weighted by Gasteiger charge is 2.56. The monoisotopic (exact) mass is 394 g/mol. The molecule has 1 amide bonds. The lowest BCUT2D eigenvalue weighted by atomic mass is 9.83. The minimum Gasteiger partial charge on any atom is -0.508 e. The standard InChI is InChI=1S/C22H26N4O3/c27-19-8-18-11-25(21(29)16-5-3-7-23-9-16)15-22(26(18)12-19)13-24(14-22)10-17-4-1-2-6-20(17)28/h1-7,9,18-19,27-28H,8,10-15H2/t18-,19+/m0/s1. The summed E-state index contributed by atoms with van der Waals surface area (Å²) in [4.78, 5) is 23.8. The second-order valence-corrected chi connectivity index (χ2v) is 8.62. The van der Waals surface area contributed by atoms with Crippen LogP contribution in [0.4, 0.5) is 0 Å². The Labute approximate surface area is 170 Å². The third-order valence-electron chi connectivity index (χ3n) is 6.54. The molecule has 2 aromatic rings. The number of rotatable bonds is 3. The maximum absolute atomic E-state index is 13.1. The topological polar surface area (TPSA) is 80.1 Å². The smallest absolute Gasteiger partial charge is 0.255 e. The van der Waals surface area contributed by atoms with Gasteiger partial charge in [-0.15, -0.1) is 0 Å². The maximum atomic E-state index is 13.1. The summed E-state index contributed by atoms with van der Waals surface area (Å²) in [5.74, 6) is 0.331. The van der Waals surface area contributed by atoms with Gasteiger partial charge >= 0.3 is 0 Å². The van der Waals surface area contributed by atoms with Crippen molar-refractivity contribution < 1.29 is 15.0 Å². The second kappa shape index (κ2) is 7.09. The van der Waals surface area contributed by atoms with E-state index in [-0.39, 0.29) is 23.6 Å². The van der Waals surface area contributed by atoms with Gasteiger partial charge in [0.2, 0.25) is 0 Å². The maximum Gasteiger partial charge on any atom is 0.255 e. The van der Waals surface area contributed by atoms with Crippen LogP contribution < -0.4 is 0 Å². The molecule has 3 fully saturated rings. The largest absolute Gasteiger partial charge is 0.508 e. The number of carbonyl (C=O) groups excluding carboxylic acids is 1. The third kappa shape index (κ3) is 3.29. The van der Waals surface area contributed by atoms with E-state index in [1.54, 1.807) is 24.5 Å². The molecule has 1 aromatic heterocycles. The zero-order valence-electron chi connectivity index (χ0n) is 16.3. The van der Waals surface area contributed by atoms with Gasteiger partial charge in [-0.3, -0.25) is 19.6 Å². The number of aliphatic hydroxyl groups is 1. The summed E-state index contributed by atoms with van der Waals surface area (Å²) in [7, 11) is 0. The van der Waals surface area contributed by atoms with Crippen LogP contribution in [0.25, 0.3) is 0 Å². The number of benzene rings is 1. The molecule has 5 rings (SSSR count). The molecule has 0 aliphatic carbocycles. The van der Waals surface area contributed by atoms with Gasteiger partial charge in [-0.1, -0.05) is 18.2 Å². The summed E-state index contributed by atoms with van der Waals surface area (Å²) in [5.41, 5.74) is 1.39. The molecule has 3 saturated heterocycles. The summed E-state index contributed by atoms with van der Waals surface area (Å²) in [6, 6.07) is 11.2. The highest BCUT2D eigenvalue weighted by Crippen LogP contribution is 2.40. The molecule has 152 valence electrons. The molecule has 4 heterocycles. The van der Waals surface area contributed by atoms with Crippen LogP contribution >= 0.6 is 0 Å². The van der Waals surface area contributed by atoms with Gasteiger partial charge in [-0.05, 0) is 24.6 Å². The Bertz CT molecular complexity index is 900. The van der Waals surface area contributed by atoms with Crippen LogP contribution in [0, 0.1) is 0 Å². The van der Waals surface area contributed by atoms with Crippen molar-refractivity contribution in [3.8, 4) is 5.75 Å².